The Balaban J connectivity index is 2.06. The Labute approximate surface area is 139 Å². The van der Waals surface area contributed by atoms with Gasteiger partial charge in [0.05, 0.1) is 17.6 Å². The number of anilines is 1. The highest BCUT2D eigenvalue weighted by Crippen LogP contribution is 2.25. The first-order chi connectivity index (χ1) is 11.2. The minimum Gasteiger partial charge on any atom is -0.490 e. The summed E-state index contributed by atoms with van der Waals surface area (Å²) in [5.41, 5.74) is 1.14. The molecular formula is C17H19N3O2S. The Kier molecular flexibility index (Phi) is 6.12. The number of hydrogen-bond acceptors (Lipinski definition) is 5. The van der Waals surface area contributed by atoms with Crippen LogP contribution in [0.4, 0.5) is 5.82 Å². The Morgan fingerprint density at radius 1 is 1.52 bits per heavy atom. The standard InChI is InChI=1S/C17H19N3O2S/c1-3-14-12(2)11-15(23-14)17(21)20-16-13(7-6-9-19-16)22-10-5-4-8-18/h6-7,9,11H,3-5,10H2,1-2H3,(H,19,20,21). The van der Waals surface area contributed by atoms with Gasteiger partial charge < -0.3 is 10.1 Å². The topological polar surface area (TPSA) is 75.0 Å². The molecule has 0 aromatic carbocycles. The van der Waals surface area contributed by atoms with Crippen molar-refractivity contribution in [2.45, 2.75) is 33.1 Å². The summed E-state index contributed by atoms with van der Waals surface area (Å²) in [6, 6.07) is 7.48. The number of carbonyl (C=O) groups excluding carboxylic acids is 1. The highest BCUT2D eigenvalue weighted by atomic mass is 32.1. The number of nitriles is 1. The first-order valence-corrected chi connectivity index (χ1v) is 8.32. The third-order valence-electron chi connectivity index (χ3n) is 3.26. The molecule has 0 aliphatic rings. The molecule has 120 valence electrons. The zero-order chi connectivity index (χ0) is 16.7. The average molecular weight is 329 g/mol. The third-order valence-corrected chi connectivity index (χ3v) is 4.64. The molecule has 0 aliphatic heterocycles. The van der Waals surface area contributed by atoms with Crippen molar-refractivity contribution in [3.05, 3.63) is 39.7 Å². The smallest absolute Gasteiger partial charge is 0.267 e. The number of thiophene rings is 1. The fraction of sp³-hybridized carbons (Fsp3) is 0.353. The Morgan fingerprint density at radius 3 is 3.04 bits per heavy atom. The van der Waals surface area contributed by atoms with Gasteiger partial charge in [0.25, 0.3) is 5.91 Å². The number of carbonyl (C=O) groups is 1. The van der Waals surface area contributed by atoms with Crippen LogP contribution in [0.1, 0.15) is 39.9 Å². The van der Waals surface area contributed by atoms with E-state index in [2.05, 4.69) is 23.3 Å². The van der Waals surface area contributed by atoms with Crippen LogP contribution in [0.25, 0.3) is 0 Å². The molecule has 1 amide bonds. The summed E-state index contributed by atoms with van der Waals surface area (Å²) in [5.74, 6) is 0.736. The molecule has 0 saturated heterocycles. The van der Waals surface area contributed by atoms with Crippen LogP contribution in [0.2, 0.25) is 0 Å². The van der Waals surface area contributed by atoms with Crippen LogP contribution in [0.5, 0.6) is 5.75 Å². The van der Waals surface area contributed by atoms with E-state index in [9.17, 15) is 4.79 Å². The molecule has 5 nitrogen and oxygen atoms in total. The van der Waals surface area contributed by atoms with Crippen molar-refractivity contribution < 1.29 is 9.53 Å². The van der Waals surface area contributed by atoms with E-state index in [0.717, 1.165) is 12.0 Å². The van der Waals surface area contributed by atoms with Crippen LogP contribution in [-0.4, -0.2) is 17.5 Å². The summed E-state index contributed by atoms with van der Waals surface area (Å²) < 4.78 is 5.60. The van der Waals surface area contributed by atoms with Crippen LogP contribution in [0, 0.1) is 18.3 Å². The highest BCUT2D eigenvalue weighted by molar-refractivity contribution is 7.14. The summed E-state index contributed by atoms with van der Waals surface area (Å²) in [6.07, 6.45) is 3.61. The Hall–Kier alpha value is -2.39. The van der Waals surface area contributed by atoms with Crippen molar-refractivity contribution in [3.8, 4) is 11.8 Å². The minimum atomic E-state index is -0.182. The molecular weight excluding hydrogens is 310 g/mol. The van der Waals surface area contributed by atoms with Crippen LogP contribution >= 0.6 is 11.3 Å². The summed E-state index contributed by atoms with van der Waals surface area (Å²) in [7, 11) is 0. The van der Waals surface area contributed by atoms with Crippen LogP contribution in [-0.2, 0) is 6.42 Å². The summed E-state index contributed by atoms with van der Waals surface area (Å²) in [6.45, 7) is 4.50. The molecule has 0 atom stereocenters. The van der Waals surface area contributed by atoms with E-state index in [-0.39, 0.29) is 5.91 Å². The van der Waals surface area contributed by atoms with Crippen molar-refractivity contribution in [1.82, 2.24) is 4.98 Å². The zero-order valence-corrected chi connectivity index (χ0v) is 14.1. The first-order valence-electron chi connectivity index (χ1n) is 7.51. The second-order valence-electron chi connectivity index (χ2n) is 4.98. The van der Waals surface area contributed by atoms with Crippen molar-refractivity contribution in [3.63, 3.8) is 0 Å². The fourth-order valence-corrected chi connectivity index (χ4v) is 3.10. The average Bonchev–Trinajstić information content (AvgIpc) is 2.94. The molecule has 0 unspecified atom stereocenters. The van der Waals surface area contributed by atoms with Gasteiger partial charge in [0.1, 0.15) is 0 Å². The van der Waals surface area contributed by atoms with Crippen molar-refractivity contribution in [2.75, 3.05) is 11.9 Å². The summed E-state index contributed by atoms with van der Waals surface area (Å²) in [4.78, 5) is 18.4. The lowest BCUT2D eigenvalue weighted by Gasteiger charge is -2.10. The second kappa shape index (κ2) is 8.30. The van der Waals surface area contributed by atoms with Gasteiger partial charge in [-0.2, -0.15) is 5.26 Å². The predicted molar refractivity (Wildman–Crippen MR) is 91.0 cm³/mol. The van der Waals surface area contributed by atoms with Crippen LogP contribution < -0.4 is 10.1 Å². The lowest BCUT2D eigenvalue weighted by atomic mass is 10.2. The van der Waals surface area contributed by atoms with Gasteiger partial charge in [-0.1, -0.05) is 6.92 Å². The third kappa shape index (κ3) is 4.54. The number of ether oxygens (including phenoxy) is 1. The molecule has 0 bridgehead atoms. The van der Waals surface area contributed by atoms with Gasteiger partial charge in [-0.3, -0.25) is 4.79 Å². The van der Waals surface area contributed by atoms with Gasteiger partial charge in [-0.25, -0.2) is 4.98 Å². The fourth-order valence-electron chi connectivity index (χ4n) is 2.09. The molecule has 2 aromatic rings. The van der Waals surface area contributed by atoms with Crippen LogP contribution in [0.15, 0.2) is 24.4 Å². The number of nitrogens with zero attached hydrogens (tertiary/aromatic N) is 2. The van der Waals surface area contributed by atoms with Gasteiger partial charge in [0, 0.05) is 17.5 Å². The molecule has 6 heteroatoms. The molecule has 2 aromatic heterocycles. The normalized spacial score (nSPS) is 10.1. The maximum absolute atomic E-state index is 12.4. The molecule has 0 fully saturated rings. The van der Waals surface area contributed by atoms with Crippen molar-refractivity contribution in [1.29, 1.82) is 5.26 Å². The maximum Gasteiger partial charge on any atom is 0.267 e. The lowest BCUT2D eigenvalue weighted by Crippen LogP contribution is -2.13. The minimum absolute atomic E-state index is 0.182. The predicted octanol–water partition coefficient (Wildman–Crippen LogP) is 3.95. The second-order valence-corrected chi connectivity index (χ2v) is 6.12. The van der Waals surface area contributed by atoms with Gasteiger partial charge in [0.15, 0.2) is 11.6 Å². The van der Waals surface area contributed by atoms with E-state index in [4.69, 9.17) is 10.00 Å². The molecule has 2 heterocycles. The van der Waals surface area contributed by atoms with Gasteiger partial charge in [-0.15, -0.1) is 11.3 Å². The first kappa shape index (κ1) is 17.0. The van der Waals surface area contributed by atoms with E-state index in [1.54, 1.807) is 18.3 Å². The molecule has 23 heavy (non-hydrogen) atoms. The van der Waals surface area contributed by atoms with E-state index in [1.807, 2.05) is 13.0 Å². The van der Waals surface area contributed by atoms with Gasteiger partial charge >= 0.3 is 0 Å². The van der Waals surface area contributed by atoms with Gasteiger partial charge in [0.2, 0.25) is 0 Å². The largest absolute Gasteiger partial charge is 0.490 e. The number of hydrogen-bond donors (Lipinski definition) is 1. The Bertz CT molecular complexity index is 719. The maximum atomic E-state index is 12.4. The number of pyridine rings is 1. The summed E-state index contributed by atoms with van der Waals surface area (Å²) >= 11 is 1.50. The zero-order valence-electron chi connectivity index (χ0n) is 13.3. The number of rotatable bonds is 7. The monoisotopic (exact) mass is 329 g/mol. The van der Waals surface area contributed by atoms with E-state index in [0.29, 0.717) is 35.9 Å². The van der Waals surface area contributed by atoms with E-state index in [1.165, 1.54) is 16.2 Å². The van der Waals surface area contributed by atoms with Crippen LogP contribution in [0.3, 0.4) is 0 Å². The van der Waals surface area contributed by atoms with E-state index >= 15 is 0 Å². The number of unbranched alkanes of at least 4 members (excludes halogenated alkanes) is 1. The Morgan fingerprint density at radius 2 is 2.35 bits per heavy atom. The van der Waals surface area contributed by atoms with Crippen molar-refractivity contribution >= 4 is 23.1 Å². The molecule has 0 saturated carbocycles. The molecule has 1 N–H and O–H groups in total. The van der Waals surface area contributed by atoms with Gasteiger partial charge in [-0.05, 0) is 43.5 Å². The number of aryl methyl sites for hydroxylation is 2. The molecule has 2 rings (SSSR count). The number of amides is 1. The number of nitrogens with one attached hydrogen (secondary N) is 1. The van der Waals surface area contributed by atoms with E-state index < -0.39 is 0 Å². The molecule has 0 aliphatic carbocycles. The van der Waals surface area contributed by atoms with Crippen molar-refractivity contribution in [2.24, 2.45) is 0 Å². The SMILES string of the molecule is CCc1sc(C(=O)Nc2ncccc2OCCCC#N)cc1C. The number of aromatic nitrogens is 1. The lowest BCUT2D eigenvalue weighted by molar-refractivity contribution is 0.102. The highest BCUT2D eigenvalue weighted by Gasteiger charge is 2.14. The quantitative estimate of drug-likeness (QED) is 0.780. The molecule has 0 spiro atoms. The summed E-state index contributed by atoms with van der Waals surface area (Å²) in [5, 5.41) is 11.3. The molecule has 0 radical (unpaired) electrons.